The molecule has 3 aromatic rings. The van der Waals surface area contributed by atoms with Crippen LogP contribution >= 0.6 is 0 Å². The summed E-state index contributed by atoms with van der Waals surface area (Å²) >= 11 is 0. The summed E-state index contributed by atoms with van der Waals surface area (Å²) in [6, 6.07) is 6.66. The highest BCUT2D eigenvalue weighted by Crippen LogP contribution is 2.34. The summed E-state index contributed by atoms with van der Waals surface area (Å²) in [6.07, 6.45) is -3.73. The Kier molecular flexibility index (Phi) is 6.95. The molecule has 0 atom stereocenters. The zero-order valence-corrected chi connectivity index (χ0v) is 17.8. The standard InChI is InChI=1S/C23H21F4NO5/c1-3-4-11-32-19(30)12-16-13(2)28(17-9-10-18(29)21(24)20(16)17)22(31)14-5-7-15(8-6-14)33-23(25,26)27/h5-10,29H,3-4,11-12H2,1-2H3. The maximum Gasteiger partial charge on any atom is 0.573 e. The molecule has 0 unspecified atom stereocenters. The lowest BCUT2D eigenvalue weighted by atomic mass is 10.1. The van der Waals surface area contributed by atoms with E-state index in [1.165, 1.54) is 13.0 Å². The molecule has 0 aliphatic heterocycles. The van der Waals surface area contributed by atoms with Crippen LogP contribution in [-0.2, 0) is 16.0 Å². The third kappa shape index (κ3) is 5.27. The van der Waals surface area contributed by atoms with Crippen molar-refractivity contribution < 1.29 is 41.7 Å². The smallest absolute Gasteiger partial charge is 0.505 e. The van der Waals surface area contributed by atoms with Crippen LogP contribution < -0.4 is 4.74 Å². The Bertz CT molecular complexity index is 1180. The van der Waals surface area contributed by atoms with Crippen LogP contribution in [0.4, 0.5) is 17.6 Å². The van der Waals surface area contributed by atoms with Gasteiger partial charge in [-0.15, -0.1) is 13.2 Å². The van der Waals surface area contributed by atoms with Gasteiger partial charge < -0.3 is 14.6 Å². The molecule has 0 aliphatic rings. The highest BCUT2D eigenvalue weighted by Gasteiger charge is 2.31. The monoisotopic (exact) mass is 467 g/mol. The molecule has 1 N–H and O–H groups in total. The minimum absolute atomic E-state index is 0.00933. The summed E-state index contributed by atoms with van der Waals surface area (Å²) < 4.78 is 62.1. The molecule has 0 radical (unpaired) electrons. The van der Waals surface area contributed by atoms with Crippen LogP contribution in [0.3, 0.4) is 0 Å². The zero-order chi connectivity index (χ0) is 24.3. The van der Waals surface area contributed by atoms with Crippen LogP contribution in [0.5, 0.6) is 11.5 Å². The van der Waals surface area contributed by atoms with E-state index in [9.17, 15) is 32.3 Å². The van der Waals surface area contributed by atoms with E-state index < -0.39 is 35.6 Å². The average molecular weight is 467 g/mol. The Morgan fingerprint density at radius 3 is 2.36 bits per heavy atom. The minimum atomic E-state index is -4.88. The molecule has 0 bridgehead atoms. The van der Waals surface area contributed by atoms with E-state index in [0.717, 1.165) is 41.3 Å². The van der Waals surface area contributed by atoms with E-state index in [1.807, 2.05) is 6.92 Å². The van der Waals surface area contributed by atoms with Gasteiger partial charge in [-0.1, -0.05) is 13.3 Å². The van der Waals surface area contributed by atoms with Gasteiger partial charge in [-0.05, 0) is 55.3 Å². The highest BCUT2D eigenvalue weighted by molar-refractivity contribution is 6.05. The number of esters is 1. The number of rotatable bonds is 7. The summed E-state index contributed by atoms with van der Waals surface area (Å²) in [5.74, 6) is -3.42. The molecule has 0 fully saturated rings. The first-order valence-corrected chi connectivity index (χ1v) is 10.1. The summed E-state index contributed by atoms with van der Waals surface area (Å²) in [7, 11) is 0. The molecule has 1 aromatic heterocycles. The Balaban J connectivity index is 2.02. The van der Waals surface area contributed by atoms with Crippen molar-refractivity contribution in [3.63, 3.8) is 0 Å². The van der Waals surface area contributed by atoms with Crippen molar-refractivity contribution in [2.24, 2.45) is 0 Å². The predicted octanol–water partition coefficient (Wildman–Crippen LogP) is 5.27. The number of ether oxygens (including phenoxy) is 2. The summed E-state index contributed by atoms with van der Waals surface area (Å²) in [5, 5.41) is 9.73. The number of unbranched alkanes of at least 4 members (excludes halogenated alkanes) is 1. The molecule has 1 heterocycles. The normalized spacial score (nSPS) is 11.6. The van der Waals surface area contributed by atoms with Crippen LogP contribution in [-0.4, -0.2) is 34.5 Å². The Labute approximate surface area is 186 Å². The lowest BCUT2D eigenvalue weighted by Crippen LogP contribution is -2.17. The predicted molar refractivity (Wildman–Crippen MR) is 111 cm³/mol. The molecule has 33 heavy (non-hydrogen) atoms. The van der Waals surface area contributed by atoms with Crippen LogP contribution in [0.25, 0.3) is 10.9 Å². The number of carbonyl (C=O) groups is 2. The molecule has 0 saturated carbocycles. The number of alkyl halides is 3. The fraction of sp³-hybridized carbons (Fsp3) is 0.304. The van der Waals surface area contributed by atoms with Crippen LogP contribution in [0.15, 0.2) is 36.4 Å². The number of halogens is 4. The number of fused-ring (bicyclic) bond motifs is 1. The van der Waals surface area contributed by atoms with Crippen LogP contribution in [0.1, 0.15) is 41.4 Å². The fourth-order valence-corrected chi connectivity index (χ4v) is 3.46. The Hall–Kier alpha value is -3.56. The number of carbonyl (C=O) groups excluding carboxylic acids is 2. The van der Waals surface area contributed by atoms with E-state index in [4.69, 9.17) is 4.74 Å². The molecule has 6 nitrogen and oxygen atoms in total. The second kappa shape index (κ2) is 9.51. The molecule has 2 aromatic carbocycles. The number of aromatic nitrogens is 1. The van der Waals surface area contributed by atoms with Gasteiger partial charge in [-0.25, -0.2) is 4.39 Å². The maximum atomic E-state index is 14.8. The topological polar surface area (TPSA) is 77.8 Å². The number of aromatic hydroxyl groups is 1. The Morgan fingerprint density at radius 1 is 1.09 bits per heavy atom. The van der Waals surface area contributed by atoms with Gasteiger partial charge in [0.25, 0.3) is 5.91 Å². The third-order valence-electron chi connectivity index (χ3n) is 5.03. The first-order chi connectivity index (χ1) is 15.5. The van der Waals surface area contributed by atoms with Crippen LogP contribution in [0, 0.1) is 12.7 Å². The van der Waals surface area contributed by atoms with Gasteiger partial charge in [0.15, 0.2) is 11.6 Å². The number of nitrogens with zero attached hydrogens (tertiary/aromatic N) is 1. The van der Waals surface area contributed by atoms with Crippen molar-refractivity contribution in [3.8, 4) is 11.5 Å². The van der Waals surface area contributed by atoms with Gasteiger partial charge in [0.1, 0.15) is 5.75 Å². The molecule has 0 amide bonds. The summed E-state index contributed by atoms with van der Waals surface area (Å²) in [6.45, 7) is 3.63. The van der Waals surface area contributed by atoms with Gasteiger partial charge in [0, 0.05) is 16.6 Å². The zero-order valence-electron chi connectivity index (χ0n) is 17.8. The third-order valence-corrected chi connectivity index (χ3v) is 5.03. The number of hydrogen-bond acceptors (Lipinski definition) is 5. The molecule has 10 heteroatoms. The first-order valence-electron chi connectivity index (χ1n) is 10.1. The summed E-state index contributed by atoms with van der Waals surface area (Å²) in [4.78, 5) is 25.5. The summed E-state index contributed by atoms with van der Waals surface area (Å²) in [5.41, 5.74) is 0.516. The quantitative estimate of drug-likeness (QED) is 0.291. The van der Waals surface area contributed by atoms with E-state index in [-0.39, 0.29) is 40.8 Å². The van der Waals surface area contributed by atoms with Crippen molar-refractivity contribution in [3.05, 3.63) is 59.0 Å². The number of benzene rings is 2. The molecule has 0 aliphatic carbocycles. The van der Waals surface area contributed by atoms with Crippen molar-refractivity contribution in [1.29, 1.82) is 0 Å². The SMILES string of the molecule is CCCCOC(=O)Cc1c(C)n(C(=O)c2ccc(OC(F)(F)F)cc2)c2ccc(O)c(F)c12. The van der Waals surface area contributed by atoms with E-state index in [0.29, 0.717) is 6.42 Å². The molecule has 176 valence electrons. The van der Waals surface area contributed by atoms with Gasteiger partial charge in [-0.3, -0.25) is 14.2 Å². The fourth-order valence-electron chi connectivity index (χ4n) is 3.46. The van der Waals surface area contributed by atoms with Crippen molar-refractivity contribution in [2.75, 3.05) is 6.61 Å². The lowest BCUT2D eigenvalue weighted by molar-refractivity contribution is -0.274. The van der Waals surface area contributed by atoms with Gasteiger partial charge in [-0.2, -0.15) is 0 Å². The Morgan fingerprint density at radius 2 is 1.76 bits per heavy atom. The molecule has 3 rings (SSSR count). The van der Waals surface area contributed by atoms with E-state index in [2.05, 4.69) is 4.74 Å². The van der Waals surface area contributed by atoms with E-state index >= 15 is 0 Å². The molecular formula is C23H21F4NO5. The molecular weight excluding hydrogens is 446 g/mol. The number of phenolic OH excluding ortho intramolecular Hbond substituents is 1. The van der Waals surface area contributed by atoms with Crippen molar-refractivity contribution in [2.45, 2.75) is 39.5 Å². The van der Waals surface area contributed by atoms with Crippen LogP contribution in [0.2, 0.25) is 0 Å². The highest BCUT2D eigenvalue weighted by atomic mass is 19.4. The second-order valence-electron chi connectivity index (χ2n) is 7.32. The number of phenols is 1. The molecule has 0 spiro atoms. The maximum absolute atomic E-state index is 14.8. The van der Waals surface area contributed by atoms with Crippen molar-refractivity contribution >= 4 is 22.8 Å². The molecule has 0 saturated heterocycles. The number of hydrogen-bond donors (Lipinski definition) is 1. The lowest BCUT2D eigenvalue weighted by Gasteiger charge is -2.10. The van der Waals surface area contributed by atoms with Gasteiger partial charge in [0.2, 0.25) is 0 Å². The average Bonchev–Trinajstić information content (AvgIpc) is 3.02. The van der Waals surface area contributed by atoms with Gasteiger partial charge in [0.05, 0.1) is 18.5 Å². The largest absolute Gasteiger partial charge is 0.573 e. The minimum Gasteiger partial charge on any atom is -0.505 e. The first kappa shape index (κ1) is 24.1. The second-order valence-corrected chi connectivity index (χ2v) is 7.32. The van der Waals surface area contributed by atoms with E-state index in [1.54, 1.807) is 0 Å². The van der Waals surface area contributed by atoms with Gasteiger partial charge >= 0.3 is 12.3 Å². The van der Waals surface area contributed by atoms with Crippen molar-refractivity contribution in [1.82, 2.24) is 4.57 Å².